The van der Waals surface area contributed by atoms with Gasteiger partial charge in [0.15, 0.2) is 17.2 Å². The fourth-order valence-corrected chi connectivity index (χ4v) is 3.59. The Kier molecular flexibility index (Phi) is 7.04. The van der Waals surface area contributed by atoms with E-state index >= 15 is 0 Å². The van der Waals surface area contributed by atoms with Crippen molar-refractivity contribution in [2.24, 2.45) is 0 Å². The molecule has 33 heavy (non-hydrogen) atoms. The summed E-state index contributed by atoms with van der Waals surface area (Å²) in [5, 5.41) is 7.65. The Morgan fingerprint density at radius 2 is 1.82 bits per heavy atom. The molecule has 2 aromatic heterocycles. The van der Waals surface area contributed by atoms with Crippen LogP contribution in [0.4, 0.5) is 16.0 Å². The molecule has 0 radical (unpaired) electrons. The monoisotopic (exact) mass is 449 g/mol. The summed E-state index contributed by atoms with van der Waals surface area (Å²) in [5.74, 6) is 0.972. The van der Waals surface area contributed by atoms with E-state index in [-0.39, 0.29) is 5.75 Å². The number of hydrogen-bond donors (Lipinski definition) is 1. The highest BCUT2D eigenvalue weighted by atomic mass is 19.1. The van der Waals surface area contributed by atoms with Crippen LogP contribution >= 0.6 is 0 Å². The number of benzene rings is 2. The van der Waals surface area contributed by atoms with Gasteiger partial charge in [-0.15, -0.1) is 5.10 Å². The normalized spacial score (nSPS) is 11.2. The lowest BCUT2D eigenvalue weighted by Crippen LogP contribution is -2.28. The highest BCUT2D eigenvalue weighted by Gasteiger charge is 2.11. The Labute approximate surface area is 192 Å². The zero-order valence-corrected chi connectivity index (χ0v) is 19.1. The number of aromatic nitrogens is 3. The third-order valence-corrected chi connectivity index (χ3v) is 5.49. The summed E-state index contributed by atoms with van der Waals surface area (Å²) >= 11 is 0. The molecule has 0 saturated carbocycles. The van der Waals surface area contributed by atoms with Crippen molar-refractivity contribution < 1.29 is 13.9 Å². The van der Waals surface area contributed by atoms with Gasteiger partial charge in [-0.1, -0.05) is 19.9 Å². The molecular weight excluding hydrogens is 421 g/mol. The van der Waals surface area contributed by atoms with Gasteiger partial charge in [0.2, 0.25) is 5.95 Å². The molecule has 0 saturated heterocycles. The number of likely N-dealkylation sites (N-methyl/N-ethyl adjacent to an activating group) is 1. The van der Waals surface area contributed by atoms with Crippen LogP contribution in [0.5, 0.6) is 11.5 Å². The summed E-state index contributed by atoms with van der Waals surface area (Å²) in [6.45, 7) is 7.27. The van der Waals surface area contributed by atoms with E-state index in [0.29, 0.717) is 23.9 Å². The highest BCUT2D eigenvalue weighted by Crippen LogP contribution is 2.26. The first-order chi connectivity index (χ1) is 16.1. The fraction of sp³-hybridized carbons (Fsp3) is 0.280. The van der Waals surface area contributed by atoms with E-state index in [2.05, 4.69) is 34.1 Å². The Morgan fingerprint density at radius 1 is 1.03 bits per heavy atom. The molecule has 0 aliphatic rings. The predicted molar refractivity (Wildman–Crippen MR) is 128 cm³/mol. The average Bonchev–Trinajstić information content (AvgIpc) is 3.25. The van der Waals surface area contributed by atoms with Crippen LogP contribution in [0.1, 0.15) is 13.8 Å². The fourth-order valence-electron chi connectivity index (χ4n) is 3.59. The smallest absolute Gasteiger partial charge is 0.247 e. The minimum atomic E-state index is -0.428. The third-order valence-electron chi connectivity index (χ3n) is 5.49. The molecule has 0 atom stereocenters. The van der Waals surface area contributed by atoms with Crippen LogP contribution in [0.3, 0.4) is 0 Å². The number of halogens is 1. The molecular formula is C25H28FN5O2. The Morgan fingerprint density at radius 3 is 2.52 bits per heavy atom. The van der Waals surface area contributed by atoms with Gasteiger partial charge in [0.25, 0.3) is 0 Å². The summed E-state index contributed by atoms with van der Waals surface area (Å²) in [6, 6.07) is 18.3. The van der Waals surface area contributed by atoms with Crippen molar-refractivity contribution in [1.82, 2.24) is 19.5 Å². The summed E-state index contributed by atoms with van der Waals surface area (Å²) in [5.41, 5.74) is 3.10. The lowest BCUT2D eigenvalue weighted by molar-refractivity contribution is 0.217. The van der Waals surface area contributed by atoms with E-state index in [1.807, 2.05) is 42.5 Å². The quantitative estimate of drug-likeness (QED) is 0.367. The summed E-state index contributed by atoms with van der Waals surface area (Å²) in [6.07, 6.45) is 0. The van der Waals surface area contributed by atoms with Crippen LogP contribution in [0.25, 0.3) is 16.9 Å². The van der Waals surface area contributed by atoms with Crippen LogP contribution in [-0.4, -0.2) is 52.8 Å². The summed E-state index contributed by atoms with van der Waals surface area (Å²) in [4.78, 5) is 6.75. The van der Waals surface area contributed by atoms with Crippen molar-refractivity contribution in [1.29, 1.82) is 0 Å². The van der Waals surface area contributed by atoms with Gasteiger partial charge in [0, 0.05) is 23.9 Å². The van der Waals surface area contributed by atoms with Crippen molar-refractivity contribution in [2.45, 2.75) is 13.8 Å². The summed E-state index contributed by atoms with van der Waals surface area (Å²) < 4.78 is 27.2. The number of hydrogen-bond acceptors (Lipinski definition) is 6. The zero-order chi connectivity index (χ0) is 23.2. The SMILES string of the molecule is CCN(CC)CCOc1ccc(Nc2nc3cccc(-c4ccc(OC)cc4)n3n2)cc1F. The molecule has 172 valence electrons. The number of pyridine rings is 1. The molecule has 2 heterocycles. The second-order valence-corrected chi connectivity index (χ2v) is 7.49. The van der Waals surface area contributed by atoms with Crippen LogP contribution in [-0.2, 0) is 0 Å². The van der Waals surface area contributed by atoms with E-state index in [0.717, 1.165) is 36.6 Å². The van der Waals surface area contributed by atoms with Crippen LogP contribution in [0.15, 0.2) is 60.7 Å². The first-order valence-electron chi connectivity index (χ1n) is 11.0. The molecule has 7 nitrogen and oxygen atoms in total. The molecule has 0 aliphatic carbocycles. The Hall–Kier alpha value is -3.65. The molecule has 0 bridgehead atoms. The molecule has 0 unspecified atom stereocenters. The molecule has 4 rings (SSSR count). The number of ether oxygens (including phenoxy) is 2. The van der Waals surface area contributed by atoms with Gasteiger partial charge in [-0.05, 0) is 61.6 Å². The Bertz CT molecular complexity index is 1210. The van der Waals surface area contributed by atoms with Gasteiger partial charge in [0.1, 0.15) is 12.4 Å². The molecule has 0 amide bonds. The average molecular weight is 450 g/mol. The highest BCUT2D eigenvalue weighted by molar-refractivity contribution is 5.65. The number of nitrogens with one attached hydrogen (secondary N) is 1. The molecule has 2 aromatic carbocycles. The lowest BCUT2D eigenvalue weighted by Gasteiger charge is -2.18. The zero-order valence-electron chi connectivity index (χ0n) is 19.1. The maximum atomic E-state index is 14.6. The van der Waals surface area contributed by atoms with Crippen LogP contribution in [0.2, 0.25) is 0 Å². The van der Waals surface area contributed by atoms with E-state index in [4.69, 9.17) is 9.47 Å². The van der Waals surface area contributed by atoms with E-state index < -0.39 is 5.82 Å². The lowest BCUT2D eigenvalue weighted by atomic mass is 10.1. The van der Waals surface area contributed by atoms with E-state index in [1.54, 1.807) is 23.8 Å². The number of rotatable bonds is 10. The number of nitrogens with zero attached hydrogens (tertiary/aromatic N) is 4. The van der Waals surface area contributed by atoms with Gasteiger partial charge < -0.3 is 19.7 Å². The minimum absolute atomic E-state index is 0.234. The second kappa shape index (κ2) is 10.3. The summed E-state index contributed by atoms with van der Waals surface area (Å²) in [7, 11) is 1.64. The van der Waals surface area contributed by atoms with Gasteiger partial charge in [-0.3, -0.25) is 0 Å². The van der Waals surface area contributed by atoms with Crippen molar-refractivity contribution in [3.05, 3.63) is 66.5 Å². The van der Waals surface area contributed by atoms with Crippen LogP contribution < -0.4 is 14.8 Å². The van der Waals surface area contributed by atoms with Gasteiger partial charge in [-0.2, -0.15) is 4.98 Å². The molecule has 1 N–H and O–H groups in total. The molecule has 0 fully saturated rings. The molecule has 4 aromatic rings. The molecule has 0 aliphatic heterocycles. The third kappa shape index (κ3) is 5.23. The standard InChI is InChI=1S/C25H28FN5O2/c1-4-30(5-2)15-16-33-23-14-11-19(17-21(23)26)27-25-28-24-8-6-7-22(31(24)29-25)18-9-12-20(32-3)13-10-18/h6-14,17H,4-5,15-16H2,1-3H3,(H,27,29). The number of fused-ring (bicyclic) bond motifs is 1. The first kappa shape index (κ1) is 22.5. The van der Waals surface area contributed by atoms with E-state index in [9.17, 15) is 4.39 Å². The number of methoxy groups -OCH3 is 1. The molecule has 0 spiro atoms. The van der Waals surface area contributed by atoms with Crippen molar-refractivity contribution in [3.8, 4) is 22.8 Å². The maximum Gasteiger partial charge on any atom is 0.247 e. The Balaban J connectivity index is 1.49. The molecule has 8 heteroatoms. The van der Waals surface area contributed by atoms with Crippen molar-refractivity contribution in [2.75, 3.05) is 38.7 Å². The van der Waals surface area contributed by atoms with Gasteiger partial charge in [0.05, 0.1) is 12.8 Å². The van der Waals surface area contributed by atoms with Gasteiger partial charge >= 0.3 is 0 Å². The minimum Gasteiger partial charge on any atom is -0.497 e. The first-order valence-corrected chi connectivity index (χ1v) is 11.0. The van der Waals surface area contributed by atoms with Crippen LogP contribution in [0, 0.1) is 5.82 Å². The van der Waals surface area contributed by atoms with E-state index in [1.165, 1.54) is 6.07 Å². The van der Waals surface area contributed by atoms with Crippen molar-refractivity contribution in [3.63, 3.8) is 0 Å². The number of anilines is 2. The van der Waals surface area contributed by atoms with Crippen molar-refractivity contribution >= 4 is 17.3 Å². The largest absolute Gasteiger partial charge is 0.497 e. The van der Waals surface area contributed by atoms with Gasteiger partial charge in [-0.25, -0.2) is 8.91 Å². The second-order valence-electron chi connectivity index (χ2n) is 7.49. The maximum absolute atomic E-state index is 14.6. The topological polar surface area (TPSA) is 63.9 Å². The predicted octanol–water partition coefficient (Wildman–Crippen LogP) is 5.01.